The minimum Gasteiger partial charge on any atom is -0.497 e. The molecule has 2 aromatic rings. The third-order valence-electron chi connectivity index (χ3n) is 3.12. The van der Waals surface area contributed by atoms with Crippen molar-refractivity contribution in [1.82, 2.24) is 20.8 Å². The number of urea groups is 1. The summed E-state index contributed by atoms with van der Waals surface area (Å²) in [5.74, 6) is 0.381. The van der Waals surface area contributed by atoms with Gasteiger partial charge in [0.05, 0.1) is 12.4 Å². The molecule has 0 aliphatic rings. The summed E-state index contributed by atoms with van der Waals surface area (Å²) in [6, 6.07) is 6.91. The molecule has 0 spiro atoms. The van der Waals surface area contributed by atoms with Gasteiger partial charge in [0.15, 0.2) is 4.34 Å². The number of rotatable bonds is 6. The van der Waals surface area contributed by atoms with Gasteiger partial charge in [-0.2, -0.15) is 0 Å². The quantitative estimate of drug-likeness (QED) is 0.628. The van der Waals surface area contributed by atoms with Crippen molar-refractivity contribution < 1.29 is 14.3 Å². The first-order valence-corrected chi connectivity index (χ1v) is 9.90. The second kappa shape index (κ2) is 9.05. The van der Waals surface area contributed by atoms with Crippen LogP contribution in [0.3, 0.4) is 0 Å². The van der Waals surface area contributed by atoms with Crippen molar-refractivity contribution in [3.8, 4) is 5.75 Å². The summed E-state index contributed by atoms with van der Waals surface area (Å²) in [6.07, 6.45) is 0. The molecule has 0 aliphatic heterocycles. The lowest BCUT2D eigenvalue weighted by molar-refractivity contribution is -0.119. The number of nitrogens with zero attached hydrogens (tertiary/aromatic N) is 2. The first-order valence-electron chi connectivity index (χ1n) is 8.20. The predicted octanol–water partition coefficient (Wildman–Crippen LogP) is 3.40. The average molecular weight is 410 g/mol. The average Bonchev–Trinajstić information content (AvgIpc) is 3.00. The smallest absolute Gasteiger partial charge is 0.321 e. The molecule has 0 aliphatic carbocycles. The van der Waals surface area contributed by atoms with Crippen LogP contribution in [0.15, 0.2) is 28.6 Å². The molecule has 0 radical (unpaired) electrons. The monoisotopic (exact) mass is 409 g/mol. The van der Waals surface area contributed by atoms with Gasteiger partial charge in [-0.15, -0.1) is 10.2 Å². The van der Waals surface area contributed by atoms with E-state index in [0.717, 1.165) is 11.4 Å². The maximum atomic E-state index is 12.1. The van der Waals surface area contributed by atoms with Gasteiger partial charge in [-0.1, -0.05) is 23.1 Å². The lowest BCUT2D eigenvalue weighted by Crippen LogP contribution is -2.49. The number of carbonyl (C=O) groups excluding carboxylic acids is 2. The summed E-state index contributed by atoms with van der Waals surface area (Å²) in [5, 5.41) is 16.4. The number of carbonyl (C=O) groups is 2. The molecule has 146 valence electrons. The zero-order chi connectivity index (χ0) is 20.0. The summed E-state index contributed by atoms with van der Waals surface area (Å²) >= 11 is 2.57. The Balaban J connectivity index is 1.88. The van der Waals surface area contributed by atoms with Crippen molar-refractivity contribution in [2.75, 3.05) is 12.4 Å². The van der Waals surface area contributed by atoms with Crippen molar-refractivity contribution in [3.05, 3.63) is 24.3 Å². The van der Waals surface area contributed by atoms with Crippen molar-refractivity contribution in [2.45, 2.75) is 42.8 Å². The first-order chi connectivity index (χ1) is 12.7. The van der Waals surface area contributed by atoms with E-state index < -0.39 is 16.8 Å². The van der Waals surface area contributed by atoms with Gasteiger partial charge in [-0.3, -0.25) is 10.1 Å². The Kier molecular flexibility index (Phi) is 7.03. The predicted molar refractivity (Wildman–Crippen MR) is 108 cm³/mol. The number of amides is 3. The topological polar surface area (TPSA) is 105 Å². The highest BCUT2D eigenvalue weighted by Crippen LogP contribution is 2.30. The van der Waals surface area contributed by atoms with Gasteiger partial charge in [0.25, 0.3) is 0 Å². The van der Waals surface area contributed by atoms with Gasteiger partial charge in [0.2, 0.25) is 11.0 Å². The summed E-state index contributed by atoms with van der Waals surface area (Å²) in [7, 11) is 1.61. The van der Waals surface area contributed by atoms with Gasteiger partial charge in [-0.25, -0.2) is 4.79 Å². The molecule has 1 aromatic carbocycles. The van der Waals surface area contributed by atoms with Crippen LogP contribution in [0.4, 0.5) is 15.6 Å². The van der Waals surface area contributed by atoms with Gasteiger partial charge < -0.3 is 15.4 Å². The van der Waals surface area contributed by atoms with E-state index >= 15 is 0 Å². The maximum absolute atomic E-state index is 12.1. The Morgan fingerprint density at radius 2 is 1.85 bits per heavy atom. The number of hydrogen-bond donors (Lipinski definition) is 3. The molecule has 0 bridgehead atoms. The fourth-order valence-corrected chi connectivity index (χ4v) is 3.81. The zero-order valence-electron chi connectivity index (χ0n) is 15.8. The van der Waals surface area contributed by atoms with Crippen LogP contribution in [0.2, 0.25) is 0 Å². The Hall–Kier alpha value is -2.33. The van der Waals surface area contributed by atoms with Crippen LogP contribution < -0.4 is 20.7 Å². The van der Waals surface area contributed by atoms with Crippen LogP contribution in [-0.2, 0) is 4.79 Å². The molecule has 3 amide bonds. The number of hydrogen-bond acceptors (Lipinski definition) is 8. The summed E-state index contributed by atoms with van der Waals surface area (Å²) in [4.78, 5) is 23.9. The molecule has 0 saturated carbocycles. The minimum atomic E-state index is -0.515. The molecule has 2 rings (SSSR count). The molecule has 0 unspecified atom stereocenters. The van der Waals surface area contributed by atoms with Crippen LogP contribution >= 0.6 is 23.1 Å². The third-order valence-corrected chi connectivity index (χ3v) is 5.14. The molecule has 27 heavy (non-hydrogen) atoms. The van der Waals surface area contributed by atoms with Crippen LogP contribution in [0.1, 0.15) is 27.7 Å². The van der Waals surface area contributed by atoms with Gasteiger partial charge in [-0.05, 0) is 52.0 Å². The van der Waals surface area contributed by atoms with Gasteiger partial charge >= 0.3 is 6.03 Å². The van der Waals surface area contributed by atoms with Crippen molar-refractivity contribution in [1.29, 1.82) is 0 Å². The molecule has 1 atom stereocenters. The van der Waals surface area contributed by atoms with E-state index in [1.807, 2.05) is 45.0 Å². The molecule has 1 aromatic heterocycles. The number of nitrogens with one attached hydrogen (secondary N) is 3. The zero-order valence-corrected chi connectivity index (χ0v) is 17.5. The Bertz CT molecular complexity index is 787. The van der Waals surface area contributed by atoms with Crippen LogP contribution in [0.25, 0.3) is 0 Å². The number of anilines is 2. The second-order valence-corrected chi connectivity index (χ2v) is 9.25. The van der Waals surface area contributed by atoms with Crippen molar-refractivity contribution in [3.63, 3.8) is 0 Å². The van der Waals surface area contributed by atoms with E-state index in [-0.39, 0.29) is 5.91 Å². The normalized spacial score (nSPS) is 12.2. The highest BCUT2D eigenvalue weighted by molar-refractivity contribution is 8.02. The number of imide groups is 1. The summed E-state index contributed by atoms with van der Waals surface area (Å²) in [6.45, 7) is 7.23. The standard InChI is InChI=1S/C17H23N5O3S2/c1-10(13(23)19-14(24)20-17(2,3)4)26-16-22-21-15(27-16)18-11-6-8-12(25-5)9-7-11/h6-10H,1-5H3,(H,18,21)(H2,19,20,23,24)/t10-/m1/s1. The Labute approximate surface area is 166 Å². The molecule has 1 heterocycles. The molecular formula is C17H23N5O3S2. The van der Waals surface area contributed by atoms with Crippen LogP contribution in [0, 0.1) is 0 Å². The number of methoxy groups -OCH3 is 1. The Morgan fingerprint density at radius 1 is 1.19 bits per heavy atom. The molecule has 8 nitrogen and oxygen atoms in total. The van der Waals surface area contributed by atoms with E-state index in [2.05, 4.69) is 26.1 Å². The van der Waals surface area contributed by atoms with E-state index in [1.54, 1.807) is 14.0 Å². The second-order valence-electron chi connectivity index (χ2n) is 6.68. The summed E-state index contributed by atoms with van der Waals surface area (Å²) in [5.41, 5.74) is 0.440. The van der Waals surface area contributed by atoms with E-state index in [0.29, 0.717) is 9.47 Å². The molecular weight excluding hydrogens is 386 g/mol. The van der Waals surface area contributed by atoms with E-state index in [4.69, 9.17) is 4.74 Å². The van der Waals surface area contributed by atoms with E-state index in [9.17, 15) is 9.59 Å². The fraction of sp³-hybridized carbons (Fsp3) is 0.412. The van der Waals surface area contributed by atoms with Crippen LogP contribution in [-0.4, -0.2) is 40.0 Å². The maximum Gasteiger partial charge on any atom is 0.321 e. The largest absolute Gasteiger partial charge is 0.497 e. The molecule has 0 saturated heterocycles. The lowest BCUT2D eigenvalue weighted by atomic mass is 10.1. The summed E-state index contributed by atoms with van der Waals surface area (Å²) < 4.78 is 5.75. The molecule has 10 heteroatoms. The Morgan fingerprint density at radius 3 is 2.44 bits per heavy atom. The SMILES string of the molecule is COc1ccc(Nc2nnc(S[C@H](C)C(=O)NC(=O)NC(C)(C)C)s2)cc1. The first kappa shape index (κ1) is 21.0. The molecule has 3 N–H and O–H groups in total. The number of benzene rings is 1. The number of thioether (sulfide) groups is 1. The van der Waals surface area contributed by atoms with Crippen molar-refractivity contribution >= 4 is 45.9 Å². The number of aromatic nitrogens is 2. The van der Waals surface area contributed by atoms with Gasteiger partial charge in [0.1, 0.15) is 5.75 Å². The highest BCUT2D eigenvalue weighted by Gasteiger charge is 2.21. The van der Waals surface area contributed by atoms with E-state index in [1.165, 1.54) is 23.1 Å². The van der Waals surface area contributed by atoms with Crippen LogP contribution in [0.5, 0.6) is 5.75 Å². The van der Waals surface area contributed by atoms with Crippen molar-refractivity contribution in [2.24, 2.45) is 0 Å². The molecule has 0 fully saturated rings. The fourth-order valence-electron chi connectivity index (χ4n) is 1.90. The highest BCUT2D eigenvalue weighted by atomic mass is 32.2. The lowest BCUT2D eigenvalue weighted by Gasteiger charge is -2.20. The van der Waals surface area contributed by atoms with Gasteiger partial charge in [0, 0.05) is 11.2 Å². The number of ether oxygens (including phenoxy) is 1. The minimum absolute atomic E-state index is 0.387. The third kappa shape index (κ3) is 7.06.